The zero-order valence-electron chi connectivity index (χ0n) is 9.67. The van der Waals surface area contributed by atoms with Crippen molar-refractivity contribution in [1.82, 2.24) is 5.32 Å². The molecule has 0 amide bonds. The molecule has 4 heteroatoms. The maximum Gasteiger partial charge on any atom is 0.140 e. The van der Waals surface area contributed by atoms with E-state index in [4.69, 9.17) is 23.2 Å². The van der Waals surface area contributed by atoms with Crippen LogP contribution in [0.15, 0.2) is 18.2 Å². The fourth-order valence-electron chi connectivity index (χ4n) is 1.96. The van der Waals surface area contributed by atoms with Crippen molar-refractivity contribution >= 4 is 29.0 Å². The molecule has 0 saturated carbocycles. The van der Waals surface area contributed by atoms with Crippen molar-refractivity contribution in [2.24, 2.45) is 11.8 Å². The number of halogens is 2. The second kappa shape index (κ2) is 5.38. The highest BCUT2D eigenvalue weighted by atomic mass is 35.5. The van der Waals surface area contributed by atoms with Crippen LogP contribution >= 0.6 is 23.2 Å². The van der Waals surface area contributed by atoms with E-state index < -0.39 is 0 Å². The smallest absolute Gasteiger partial charge is 0.140 e. The molecule has 1 atom stereocenters. The number of benzene rings is 1. The summed E-state index contributed by atoms with van der Waals surface area (Å²) in [5.41, 5.74) is 0.822. The van der Waals surface area contributed by atoms with Gasteiger partial charge in [-0.15, -0.1) is 0 Å². The molecule has 1 fully saturated rings. The monoisotopic (exact) mass is 271 g/mol. The lowest BCUT2D eigenvalue weighted by molar-refractivity contribution is -0.123. The first-order valence-electron chi connectivity index (χ1n) is 5.76. The lowest BCUT2D eigenvalue weighted by atomic mass is 9.84. The molecule has 1 heterocycles. The van der Waals surface area contributed by atoms with Crippen molar-refractivity contribution in [2.45, 2.75) is 13.3 Å². The van der Waals surface area contributed by atoms with Crippen molar-refractivity contribution in [1.29, 1.82) is 0 Å². The van der Waals surface area contributed by atoms with Crippen molar-refractivity contribution in [3.63, 3.8) is 0 Å². The first kappa shape index (κ1) is 12.9. The fourth-order valence-corrected chi connectivity index (χ4v) is 2.35. The van der Waals surface area contributed by atoms with Gasteiger partial charge < -0.3 is 5.32 Å². The predicted molar refractivity (Wildman–Crippen MR) is 70.7 cm³/mol. The van der Waals surface area contributed by atoms with Crippen LogP contribution in [0, 0.1) is 11.8 Å². The summed E-state index contributed by atoms with van der Waals surface area (Å²) in [6.45, 7) is 3.87. The third-order valence-electron chi connectivity index (χ3n) is 3.42. The molecule has 0 aliphatic carbocycles. The molecule has 17 heavy (non-hydrogen) atoms. The van der Waals surface area contributed by atoms with Gasteiger partial charge in [-0.2, -0.15) is 0 Å². The number of carbonyl (C=O) groups excluding carboxylic acids is 1. The Hall–Kier alpha value is -0.570. The molecule has 1 aliphatic heterocycles. The van der Waals surface area contributed by atoms with Crippen molar-refractivity contribution in [3.8, 4) is 0 Å². The highest BCUT2D eigenvalue weighted by molar-refractivity contribution is 6.42. The van der Waals surface area contributed by atoms with Crippen LogP contribution in [0.1, 0.15) is 12.5 Å². The lowest BCUT2D eigenvalue weighted by Crippen LogP contribution is -2.47. The van der Waals surface area contributed by atoms with Gasteiger partial charge in [-0.1, -0.05) is 42.3 Å². The Labute approximate surface area is 111 Å². The average molecular weight is 272 g/mol. The van der Waals surface area contributed by atoms with Crippen molar-refractivity contribution < 1.29 is 4.79 Å². The number of Topliss-reactive ketones (excluding diaryl/α,β-unsaturated/α-hetero) is 1. The molecule has 1 aromatic rings. The molecule has 1 N–H and O–H groups in total. The maximum absolute atomic E-state index is 12.1. The molecule has 1 unspecified atom stereocenters. The number of ketones is 1. The number of hydrogen-bond donors (Lipinski definition) is 1. The zero-order chi connectivity index (χ0) is 12.4. The van der Waals surface area contributed by atoms with Gasteiger partial charge in [0.25, 0.3) is 0 Å². The Bertz CT molecular complexity index is 429. The fraction of sp³-hybridized carbons (Fsp3) is 0.462. The van der Waals surface area contributed by atoms with Crippen LogP contribution in [0.2, 0.25) is 10.0 Å². The first-order valence-corrected chi connectivity index (χ1v) is 6.51. The highest BCUT2D eigenvalue weighted by Gasteiger charge is 2.28. The van der Waals surface area contributed by atoms with Gasteiger partial charge in [0.1, 0.15) is 5.78 Å². The quantitative estimate of drug-likeness (QED) is 0.913. The van der Waals surface area contributed by atoms with Gasteiger partial charge in [-0.05, 0) is 30.6 Å². The molecule has 2 nitrogen and oxygen atoms in total. The second-order valence-corrected chi connectivity index (χ2v) is 5.35. The first-order chi connectivity index (χ1) is 8.09. The van der Waals surface area contributed by atoms with Crippen LogP contribution in [0.4, 0.5) is 0 Å². The second-order valence-electron chi connectivity index (χ2n) is 4.56. The Morgan fingerprint density at radius 3 is 2.76 bits per heavy atom. The van der Waals surface area contributed by atoms with E-state index in [0.29, 0.717) is 22.4 Å². The van der Waals surface area contributed by atoms with E-state index in [2.05, 4.69) is 5.32 Å². The summed E-state index contributed by atoms with van der Waals surface area (Å²) in [6, 6.07) is 5.42. The third kappa shape index (κ3) is 2.82. The molecule has 1 aromatic carbocycles. The van der Waals surface area contributed by atoms with Crippen LogP contribution < -0.4 is 5.32 Å². The number of hydrogen-bond acceptors (Lipinski definition) is 2. The van der Waals surface area contributed by atoms with Crippen LogP contribution in [0.25, 0.3) is 0 Å². The summed E-state index contributed by atoms with van der Waals surface area (Å²) < 4.78 is 0. The number of rotatable bonds is 4. The van der Waals surface area contributed by atoms with Crippen molar-refractivity contribution in [2.75, 3.05) is 13.1 Å². The molecular formula is C13H15Cl2NO. The normalized spacial score (nSPS) is 17.6. The highest BCUT2D eigenvalue weighted by Crippen LogP contribution is 2.27. The Morgan fingerprint density at radius 1 is 1.47 bits per heavy atom. The number of nitrogens with one attached hydrogen (secondary N) is 1. The molecule has 92 valence electrons. The van der Waals surface area contributed by atoms with Gasteiger partial charge >= 0.3 is 0 Å². The van der Waals surface area contributed by atoms with E-state index in [0.717, 1.165) is 18.7 Å². The molecule has 0 aromatic heterocycles. The number of carbonyl (C=O) groups is 1. The van der Waals surface area contributed by atoms with Gasteiger partial charge in [-0.25, -0.2) is 0 Å². The zero-order valence-corrected chi connectivity index (χ0v) is 11.2. The van der Waals surface area contributed by atoms with Gasteiger partial charge in [0.15, 0.2) is 0 Å². The minimum atomic E-state index is 0.0892. The topological polar surface area (TPSA) is 29.1 Å². The van der Waals surface area contributed by atoms with Gasteiger partial charge in [0.05, 0.1) is 10.0 Å². The Morgan fingerprint density at radius 2 is 2.18 bits per heavy atom. The van der Waals surface area contributed by atoms with Crippen LogP contribution in [-0.2, 0) is 11.2 Å². The summed E-state index contributed by atoms with van der Waals surface area (Å²) in [7, 11) is 0. The SMILES string of the molecule is CC(C(=O)Cc1cccc(Cl)c1Cl)C1CNC1. The van der Waals surface area contributed by atoms with Crippen LogP contribution in [0.5, 0.6) is 0 Å². The molecule has 2 rings (SSSR count). The van der Waals surface area contributed by atoms with E-state index >= 15 is 0 Å². The average Bonchev–Trinajstić information content (AvgIpc) is 2.22. The molecular weight excluding hydrogens is 257 g/mol. The summed E-state index contributed by atoms with van der Waals surface area (Å²) in [4.78, 5) is 12.1. The summed E-state index contributed by atoms with van der Waals surface area (Å²) >= 11 is 12.0. The standard InChI is InChI=1S/C13H15Cl2NO/c1-8(10-6-16-7-10)12(17)5-9-3-2-4-11(14)13(9)15/h2-4,8,10,16H,5-7H2,1H3. The third-order valence-corrected chi connectivity index (χ3v) is 4.28. The van der Waals surface area contributed by atoms with Crippen LogP contribution in [0.3, 0.4) is 0 Å². The van der Waals surface area contributed by atoms with Crippen molar-refractivity contribution in [3.05, 3.63) is 33.8 Å². The minimum Gasteiger partial charge on any atom is -0.316 e. The summed E-state index contributed by atoms with van der Waals surface area (Å²) in [6.07, 6.45) is 0.372. The molecule has 0 radical (unpaired) electrons. The van der Waals surface area contributed by atoms with Gasteiger partial charge in [-0.3, -0.25) is 4.79 Å². The van der Waals surface area contributed by atoms with Gasteiger partial charge in [0, 0.05) is 12.3 Å². The summed E-state index contributed by atoms with van der Waals surface area (Å²) in [5.74, 6) is 0.799. The van der Waals surface area contributed by atoms with E-state index in [1.807, 2.05) is 19.1 Å². The van der Waals surface area contributed by atoms with E-state index in [1.165, 1.54) is 0 Å². The Kier molecular flexibility index (Phi) is 4.08. The largest absolute Gasteiger partial charge is 0.316 e. The van der Waals surface area contributed by atoms with Gasteiger partial charge in [0.2, 0.25) is 0 Å². The summed E-state index contributed by atoms with van der Waals surface area (Å²) in [5, 5.41) is 4.19. The molecule has 1 aliphatic rings. The van der Waals surface area contributed by atoms with E-state index in [-0.39, 0.29) is 11.7 Å². The molecule has 0 spiro atoms. The maximum atomic E-state index is 12.1. The molecule has 1 saturated heterocycles. The molecule has 0 bridgehead atoms. The van der Waals surface area contributed by atoms with E-state index in [9.17, 15) is 4.79 Å². The van der Waals surface area contributed by atoms with E-state index in [1.54, 1.807) is 6.07 Å². The predicted octanol–water partition coefficient (Wildman–Crippen LogP) is 2.96. The lowest BCUT2D eigenvalue weighted by Gasteiger charge is -2.31. The Balaban J connectivity index is 2.04. The van der Waals surface area contributed by atoms with Crippen LogP contribution in [-0.4, -0.2) is 18.9 Å². The minimum absolute atomic E-state index is 0.0892.